The summed E-state index contributed by atoms with van der Waals surface area (Å²) in [6.45, 7) is 1.96. The van der Waals surface area contributed by atoms with Crippen LogP contribution in [0.3, 0.4) is 0 Å². The highest BCUT2D eigenvalue weighted by molar-refractivity contribution is 8.00. The normalized spacial score (nSPS) is 11.5. The number of furan rings is 1. The van der Waals surface area contributed by atoms with Crippen molar-refractivity contribution in [1.82, 2.24) is 15.0 Å². The molecule has 22 heavy (non-hydrogen) atoms. The summed E-state index contributed by atoms with van der Waals surface area (Å²) >= 11 is 3.16. The summed E-state index contributed by atoms with van der Waals surface area (Å²) in [5, 5.41) is 2.87. The van der Waals surface area contributed by atoms with Crippen molar-refractivity contribution < 1.29 is 4.42 Å². The van der Waals surface area contributed by atoms with Crippen molar-refractivity contribution in [3.63, 3.8) is 0 Å². The van der Waals surface area contributed by atoms with Gasteiger partial charge >= 0.3 is 0 Å². The molecular formula is C15H11N3O2S2. The molecule has 0 saturated carbocycles. The van der Waals surface area contributed by atoms with E-state index in [-0.39, 0.29) is 11.1 Å². The second-order valence-corrected chi connectivity index (χ2v) is 6.91. The van der Waals surface area contributed by atoms with E-state index in [1.165, 1.54) is 0 Å². The van der Waals surface area contributed by atoms with E-state index in [9.17, 15) is 4.79 Å². The number of nitrogens with zero attached hydrogens (tertiary/aromatic N) is 2. The predicted molar refractivity (Wildman–Crippen MR) is 88.5 cm³/mol. The number of fused-ring (bicyclic) bond motifs is 3. The number of H-pyrrole nitrogens is 1. The fraction of sp³-hybridized carbons (Fsp3) is 0.133. The molecule has 4 aromatic rings. The lowest BCUT2D eigenvalue weighted by Gasteiger charge is -1.98. The van der Waals surface area contributed by atoms with Gasteiger partial charge in [0.25, 0.3) is 5.56 Å². The Morgan fingerprint density at radius 2 is 2.18 bits per heavy atom. The standard InChI is InChI=1S/C15H11N3O2S2/c1-8-6-21-15(16-8)22-7-11-17-12-9-4-2-3-5-10(9)20-13(12)14(19)18-11/h2-6H,7H2,1H3,(H,17,18,19). The van der Waals surface area contributed by atoms with Crippen LogP contribution in [0.25, 0.3) is 22.1 Å². The second kappa shape index (κ2) is 5.26. The largest absolute Gasteiger partial charge is 0.449 e. The average Bonchev–Trinajstić information content (AvgIpc) is 3.09. The third kappa shape index (κ3) is 2.32. The summed E-state index contributed by atoms with van der Waals surface area (Å²) in [6, 6.07) is 7.53. The molecule has 0 amide bonds. The van der Waals surface area contributed by atoms with Crippen molar-refractivity contribution in [3.05, 3.63) is 51.5 Å². The Morgan fingerprint density at radius 3 is 3.00 bits per heavy atom. The Bertz CT molecular complexity index is 1030. The first-order valence-corrected chi connectivity index (χ1v) is 8.52. The number of aromatic amines is 1. The zero-order valence-corrected chi connectivity index (χ0v) is 13.3. The van der Waals surface area contributed by atoms with Gasteiger partial charge in [-0.3, -0.25) is 4.79 Å². The van der Waals surface area contributed by atoms with Crippen molar-refractivity contribution in [2.75, 3.05) is 0 Å². The lowest BCUT2D eigenvalue weighted by Crippen LogP contribution is -2.10. The molecule has 0 unspecified atom stereocenters. The molecule has 110 valence electrons. The monoisotopic (exact) mass is 329 g/mol. The van der Waals surface area contributed by atoms with E-state index >= 15 is 0 Å². The smallest absolute Gasteiger partial charge is 0.294 e. The van der Waals surface area contributed by atoms with Gasteiger partial charge in [-0.25, -0.2) is 9.97 Å². The zero-order valence-electron chi connectivity index (χ0n) is 11.6. The molecular weight excluding hydrogens is 318 g/mol. The first kappa shape index (κ1) is 13.5. The van der Waals surface area contributed by atoms with Crippen LogP contribution >= 0.6 is 23.1 Å². The number of nitrogens with one attached hydrogen (secondary N) is 1. The van der Waals surface area contributed by atoms with E-state index in [0.29, 0.717) is 22.7 Å². The number of benzene rings is 1. The van der Waals surface area contributed by atoms with Crippen LogP contribution in [0.2, 0.25) is 0 Å². The number of rotatable bonds is 3. The molecule has 0 bridgehead atoms. The molecule has 1 N–H and O–H groups in total. The van der Waals surface area contributed by atoms with Crippen LogP contribution in [-0.2, 0) is 5.75 Å². The molecule has 0 atom stereocenters. The Balaban J connectivity index is 1.75. The zero-order chi connectivity index (χ0) is 15.1. The first-order valence-electron chi connectivity index (χ1n) is 6.66. The second-order valence-electron chi connectivity index (χ2n) is 4.83. The quantitative estimate of drug-likeness (QED) is 0.580. The molecule has 3 heterocycles. The molecule has 0 aliphatic rings. The molecule has 0 fully saturated rings. The van der Waals surface area contributed by atoms with Gasteiger partial charge in [0.2, 0.25) is 5.58 Å². The highest BCUT2D eigenvalue weighted by Gasteiger charge is 2.13. The third-order valence-corrected chi connectivity index (χ3v) is 5.36. The average molecular weight is 329 g/mol. The van der Waals surface area contributed by atoms with Crippen LogP contribution in [0, 0.1) is 6.92 Å². The molecule has 0 aliphatic carbocycles. The third-order valence-electron chi connectivity index (χ3n) is 3.21. The Morgan fingerprint density at radius 1 is 1.32 bits per heavy atom. The van der Waals surface area contributed by atoms with Gasteiger partial charge in [-0.1, -0.05) is 23.9 Å². The maximum atomic E-state index is 12.2. The van der Waals surface area contributed by atoms with Gasteiger partial charge in [-0.05, 0) is 19.1 Å². The van der Waals surface area contributed by atoms with E-state index in [0.717, 1.165) is 15.4 Å². The van der Waals surface area contributed by atoms with Gasteiger partial charge in [0, 0.05) is 16.5 Å². The fourth-order valence-electron chi connectivity index (χ4n) is 2.24. The van der Waals surface area contributed by atoms with Crippen LogP contribution in [0.5, 0.6) is 0 Å². The number of thioether (sulfide) groups is 1. The minimum atomic E-state index is -0.243. The van der Waals surface area contributed by atoms with E-state index in [1.807, 2.05) is 36.6 Å². The summed E-state index contributed by atoms with van der Waals surface area (Å²) in [5.74, 6) is 1.19. The fourth-order valence-corrected chi connectivity index (χ4v) is 3.96. The van der Waals surface area contributed by atoms with Gasteiger partial charge < -0.3 is 9.40 Å². The van der Waals surface area contributed by atoms with Crippen LogP contribution in [-0.4, -0.2) is 15.0 Å². The Labute approximate surface area is 133 Å². The van der Waals surface area contributed by atoms with Crippen LogP contribution < -0.4 is 5.56 Å². The maximum absolute atomic E-state index is 12.2. The number of thiazole rings is 1. The lowest BCUT2D eigenvalue weighted by atomic mass is 10.2. The highest BCUT2D eigenvalue weighted by Crippen LogP contribution is 2.27. The van der Waals surface area contributed by atoms with E-state index in [4.69, 9.17) is 4.42 Å². The summed E-state index contributed by atoms with van der Waals surface area (Å²) in [5.41, 5.74) is 2.33. The van der Waals surface area contributed by atoms with Crippen LogP contribution in [0.1, 0.15) is 11.5 Å². The molecule has 0 radical (unpaired) electrons. The molecule has 0 aliphatic heterocycles. The van der Waals surface area contributed by atoms with Gasteiger partial charge in [0.1, 0.15) is 16.9 Å². The van der Waals surface area contributed by atoms with Gasteiger partial charge in [-0.15, -0.1) is 11.3 Å². The van der Waals surface area contributed by atoms with Crippen LogP contribution in [0.15, 0.2) is 43.2 Å². The van der Waals surface area contributed by atoms with Crippen molar-refractivity contribution in [1.29, 1.82) is 0 Å². The summed E-state index contributed by atoms with van der Waals surface area (Å²) in [4.78, 5) is 23.9. The molecule has 3 aromatic heterocycles. The Hall–Kier alpha value is -2.12. The number of aryl methyl sites for hydroxylation is 1. The minimum Gasteiger partial charge on any atom is -0.449 e. The molecule has 0 spiro atoms. The lowest BCUT2D eigenvalue weighted by molar-refractivity contribution is 0.660. The number of aromatic nitrogens is 3. The van der Waals surface area contributed by atoms with Crippen molar-refractivity contribution in [2.24, 2.45) is 0 Å². The van der Waals surface area contributed by atoms with Gasteiger partial charge in [0.05, 0.1) is 5.75 Å². The summed E-state index contributed by atoms with van der Waals surface area (Å²) in [7, 11) is 0. The molecule has 1 aromatic carbocycles. The maximum Gasteiger partial charge on any atom is 0.294 e. The number of para-hydroxylation sites is 1. The molecule has 7 heteroatoms. The summed E-state index contributed by atoms with van der Waals surface area (Å²) < 4.78 is 6.55. The van der Waals surface area contributed by atoms with Crippen molar-refractivity contribution in [2.45, 2.75) is 17.0 Å². The molecule has 5 nitrogen and oxygen atoms in total. The van der Waals surface area contributed by atoms with E-state index in [1.54, 1.807) is 23.1 Å². The highest BCUT2D eigenvalue weighted by atomic mass is 32.2. The van der Waals surface area contributed by atoms with E-state index < -0.39 is 0 Å². The predicted octanol–water partition coefficient (Wildman–Crippen LogP) is 3.73. The summed E-state index contributed by atoms with van der Waals surface area (Å²) in [6.07, 6.45) is 0. The van der Waals surface area contributed by atoms with Crippen LogP contribution in [0.4, 0.5) is 0 Å². The van der Waals surface area contributed by atoms with Crippen molar-refractivity contribution >= 4 is 45.2 Å². The number of hydrogen-bond donors (Lipinski definition) is 1. The SMILES string of the molecule is Cc1csc(SCc2nc3c(oc4ccccc43)c(=O)[nH]2)n1. The van der Waals surface area contributed by atoms with E-state index in [2.05, 4.69) is 15.0 Å². The minimum absolute atomic E-state index is 0.243. The molecule has 0 saturated heterocycles. The Kier molecular flexibility index (Phi) is 3.24. The first-order chi connectivity index (χ1) is 10.7. The number of hydrogen-bond acceptors (Lipinski definition) is 6. The topological polar surface area (TPSA) is 71.8 Å². The van der Waals surface area contributed by atoms with Crippen molar-refractivity contribution in [3.8, 4) is 0 Å². The molecule has 4 rings (SSSR count). The van der Waals surface area contributed by atoms with Gasteiger partial charge in [0.15, 0.2) is 4.34 Å². The van der Waals surface area contributed by atoms with Gasteiger partial charge in [-0.2, -0.15) is 0 Å².